The quantitative estimate of drug-likeness (QED) is 0.873. The molecule has 0 spiro atoms. The van der Waals surface area contributed by atoms with Crippen molar-refractivity contribution in [2.24, 2.45) is 23.2 Å². The van der Waals surface area contributed by atoms with Gasteiger partial charge in [-0.15, -0.1) is 0 Å². The highest BCUT2D eigenvalue weighted by molar-refractivity contribution is 6.34. The summed E-state index contributed by atoms with van der Waals surface area (Å²) in [7, 11) is 1.57. The van der Waals surface area contributed by atoms with E-state index in [0.29, 0.717) is 16.3 Å². The molecule has 0 aromatic heterocycles. The highest BCUT2D eigenvalue weighted by Crippen LogP contribution is 2.60. The van der Waals surface area contributed by atoms with Crippen LogP contribution in [-0.2, 0) is 4.79 Å². The summed E-state index contributed by atoms with van der Waals surface area (Å²) in [6, 6.07) is 5.11. The summed E-state index contributed by atoms with van der Waals surface area (Å²) < 4.78 is 0. The number of carbonyl (C=O) groups is 2. The molecule has 4 aliphatic rings. The van der Waals surface area contributed by atoms with Crippen LogP contribution in [0.3, 0.4) is 0 Å². The monoisotopic (exact) mass is 346 g/mol. The molecule has 0 atom stereocenters. The zero-order chi connectivity index (χ0) is 16.9. The lowest BCUT2D eigenvalue weighted by atomic mass is 9.49. The molecule has 5 heteroatoms. The van der Waals surface area contributed by atoms with Crippen LogP contribution in [0.15, 0.2) is 18.2 Å². The topological polar surface area (TPSA) is 58.2 Å². The van der Waals surface area contributed by atoms with Gasteiger partial charge in [-0.1, -0.05) is 11.6 Å². The zero-order valence-corrected chi connectivity index (χ0v) is 14.7. The third-order valence-corrected chi connectivity index (χ3v) is 6.55. The number of carbonyl (C=O) groups excluding carboxylic acids is 2. The summed E-state index contributed by atoms with van der Waals surface area (Å²) in [4.78, 5) is 24.9. The predicted octanol–water partition coefficient (Wildman–Crippen LogP) is 3.85. The van der Waals surface area contributed by atoms with Gasteiger partial charge in [0.05, 0.1) is 16.0 Å². The standard InChI is InChI=1S/C19H23ClN2O2/c1-21-17(23)15-7-14(2-3-16(15)20)22-18(24)19-8-11-4-12(9-19)6-13(5-11)10-19/h2-3,7,11-13H,4-6,8-10H2,1H3,(H,21,23)(H,22,24). The van der Waals surface area contributed by atoms with Gasteiger partial charge in [0.1, 0.15) is 0 Å². The van der Waals surface area contributed by atoms with Gasteiger partial charge in [-0.2, -0.15) is 0 Å². The van der Waals surface area contributed by atoms with Crippen LogP contribution in [0.2, 0.25) is 5.02 Å². The largest absolute Gasteiger partial charge is 0.355 e. The predicted molar refractivity (Wildman–Crippen MR) is 94.1 cm³/mol. The molecule has 4 bridgehead atoms. The number of hydrogen-bond acceptors (Lipinski definition) is 2. The fourth-order valence-electron chi connectivity index (χ4n) is 5.56. The fraction of sp³-hybridized carbons (Fsp3) is 0.579. The Morgan fingerprint density at radius 1 is 1.08 bits per heavy atom. The number of rotatable bonds is 3. The lowest BCUT2D eigenvalue weighted by Crippen LogP contribution is -2.51. The molecule has 2 N–H and O–H groups in total. The van der Waals surface area contributed by atoms with Crippen LogP contribution in [0.4, 0.5) is 5.69 Å². The molecule has 2 amide bonds. The molecule has 4 aliphatic carbocycles. The number of benzene rings is 1. The maximum absolute atomic E-state index is 13.1. The summed E-state index contributed by atoms with van der Waals surface area (Å²) in [5, 5.41) is 6.03. The minimum atomic E-state index is -0.245. The van der Waals surface area contributed by atoms with E-state index < -0.39 is 0 Å². The summed E-state index contributed by atoms with van der Waals surface area (Å²) in [6.07, 6.45) is 7.03. The molecule has 5 rings (SSSR count). The van der Waals surface area contributed by atoms with Crippen molar-refractivity contribution >= 4 is 29.1 Å². The smallest absolute Gasteiger partial charge is 0.252 e. The Morgan fingerprint density at radius 3 is 2.21 bits per heavy atom. The first kappa shape index (κ1) is 15.9. The summed E-state index contributed by atoms with van der Waals surface area (Å²) in [5.41, 5.74) is 0.850. The summed E-state index contributed by atoms with van der Waals surface area (Å²) in [6.45, 7) is 0. The van der Waals surface area contributed by atoms with Gasteiger partial charge in [0, 0.05) is 12.7 Å². The molecule has 0 saturated heterocycles. The number of amides is 2. The second kappa shape index (κ2) is 5.76. The van der Waals surface area contributed by atoms with E-state index in [1.807, 2.05) is 0 Å². The molecule has 1 aromatic carbocycles. The number of halogens is 1. The van der Waals surface area contributed by atoms with Crippen molar-refractivity contribution in [3.8, 4) is 0 Å². The van der Waals surface area contributed by atoms with Crippen molar-refractivity contribution in [3.63, 3.8) is 0 Å². The van der Waals surface area contributed by atoms with Gasteiger partial charge in [0.2, 0.25) is 5.91 Å². The normalized spacial score (nSPS) is 33.3. The van der Waals surface area contributed by atoms with E-state index in [9.17, 15) is 9.59 Å². The van der Waals surface area contributed by atoms with Crippen molar-refractivity contribution in [2.45, 2.75) is 38.5 Å². The van der Waals surface area contributed by atoms with E-state index in [0.717, 1.165) is 37.0 Å². The van der Waals surface area contributed by atoms with Crippen LogP contribution in [-0.4, -0.2) is 18.9 Å². The molecular weight excluding hydrogens is 324 g/mol. The summed E-state index contributed by atoms with van der Waals surface area (Å²) in [5.74, 6) is 2.08. The average molecular weight is 347 g/mol. The van der Waals surface area contributed by atoms with E-state index in [4.69, 9.17) is 11.6 Å². The Kier molecular flexibility index (Phi) is 3.83. The van der Waals surface area contributed by atoms with Gasteiger partial charge < -0.3 is 10.6 Å². The minimum absolute atomic E-state index is 0.131. The summed E-state index contributed by atoms with van der Waals surface area (Å²) >= 11 is 6.09. The van der Waals surface area contributed by atoms with Crippen LogP contribution in [0.1, 0.15) is 48.9 Å². The molecule has 0 radical (unpaired) electrons. The van der Waals surface area contributed by atoms with Crippen molar-refractivity contribution in [3.05, 3.63) is 28.8 Å². The van der Waals surface area contributed by atoms with E-state index in [-0.39, 0.29) is 17.2 Å². The number of nitrogens with one attached hydrogen (secondary N) is 2. The van der Waals surface area contributed by atoms with Crippen LogP contribution >= 0.6 is 11.6 Å². The Labute approximate surface area is 147 Å². The molecule has 4 nitrogen and oxygen atoms in total. The van der Waals surface area contributed by atoms with E-state index in [2.05, 4.69) is 10.6 Å². The van der Waals surface area contributed by atoms with Crippen molar-refractivity contribution < 1.29 is 9.59 Å². The van der Waals surface area contributed by atoms with Crippen molar-refractivity contribution in [1.29, 1.82) is 0 Å². The number of hydrogen-bond donors (Lipinski definition) is 2. The lowest BCUT2D eigenvalue weighted by molar-refractivity contribution is -0.140. The first-order valence-corrected chi connectivity index (χ1v) is 9.20. The van der Waals surface area contributed by atoms with Gasteiger partial charge in [-0.05, 0) is 74.5 Å². The molecule has 4 saturated carbocycles. The molecule has 24 heavy (non-hydrogen) atoms. The van der Waals surface area contributed by atoms with Crippen LogP contribution < -0.4 is 10.6 Å². The van der Waals surface area contributed by atoms with Gasteiger partial charge in [0.15, 0.2) is 0 Å². The van der Waals surface area contributed by atoms with Crippen LogP contribution in [0.25, 0.3) is 0 Å². The lowest BCUT2D eigenvalue weighted by Gasteiger charge is -2.55. The Bertz CT molecular complexity index is 665. The third-order valence-electron chi connectivity index (χ3n) is 6.22. The van der Waals surface area contributed by atoms with E-state index in [1.165, 1.54) is 19.3 Å². The maximum Gasteiger partial charge on any atom is 0.252 e. The second-order valence-electron chi connectivity index (χ2n) is 7.93. The molecule has 128 valence electrons. The molecule has 0 unspecified atom stereocenters. The van der Waals surface area contributed by atoms with Crippen molar-refractivity contribution in [1.82, 2.24) is 5.32 Å². The van der Waals surface area contributed by atoms with Crippen molar-refractivity contribution in [2.75, 3.05) is 12.4 Å². The third kappa shape index (κ3) is 2.61. The van der Waals surface area contributed by atoms with Gasteiger partial charge in [-0.3, -0.25) is 9.59 Å². The maximum atomic E-state index is 13.1. The van der Waals surface area contributed by atoms with Gasteiger partial charge in [0.25, 0.3) is 5.91 Å². The first-order valence-electron chi connectivity index (χ1n) is 8.82. The second-order valence-corrected chi connectivity index (χ2v) is 8.33. The Hall–Kier alpha value is -1.55. The molecule has 0 heterocycles. The van der Waals surface area contributed by atoms with Gasteiger partial charge in [-0.25, -0.2) is 0 Å². The van der Waals surface area contributed by atoms with E-state index >= 15 is 0 Å². The van der Waals surface area contributed by atoms with E-state index in [1.54, 1.807) is 25.2 Å². The zero-order valence-electron chi connectivity index (χ0n) is 13.9. The van der Waals surface area contributed by atoms with Crippen LogP contribution in [0, 0.1) is 23.2 Å². The molecule has 1 aromatic rings. The molecule has 4 fully saturated rings. The highest BCUT2D eigenvalue weighted by Gasteiger charge is 2.54. The Morgan fingerprint density at radius 2 is 1.67 bits per heavy atom. The highest BCUT2D eigenvalue weighted by atomic mass is 35.5. The first-order chi connectivity index (χ1) is 11.5. The van der Waals surface area contributed by atoms with Gasteiger partial charge >= 0.3 is 0 Å². The SMILES string of the molecule is CNC(=O)c1cc(NC(=O)C23CC4CC(CC(C4)C2)C3)ccc1Cl. The number of anilines is 1. The molecule has 0 aliphatic heterocycles. The average Bonchev–Trinajstić information content (AvgIpc) is 2.54. The van der Waals surface area contributed by atoms with Crippen LogP contribution in [0.5, 0.6) is 0 Å². The molecular formula is C19H23ClN2O2. The Balaban J connectivity index is 1.55. The minimum Gasteiger partial charge on any atom is -0.355 e. The fourth-order valence-corrected chi connectivity index (χ4v) is 5.77.